The molecule has 10 rings (SSSR count). The van der Waals surface area contributed by atoms with E-state index in [4.69, 9.17) is 31.8 Å². The van der Waals surface area contributed by atoms with E-state index in [9.17, 15) is 14.4 Å². The van der Waals surface area contributed by atoms with E-state index in [1.165, 1.54) is 12.1 Å². The van der Waals surface area contributed by atoms with Crippen molar-refractivity contribution in [3.63, 3.8) is 0 Å². The molecule has 5 saturated heterocycles. The molecule has 0 bridgehead atoms. The van der Waals surface area contributed by atoms with E-state index in [0.29, 0.717) is 75.4 Å². The van der Waals surface area contributed by atoms with Crippen molar-refractivity contribution in [2.75, 3.05) is 69.7 Å². The zero-order chi connectivity index (χ0) is 37.1. The van der Waals surface area contributed by atoms with Gasteiger partial charge in [-0.2, -0.15) is 15.2 Å². The van der Waals surface area contributed by atoms with Crippen molar-refractivity contribution in [2.45, 2.75) is 50.2 Å². The molecule has 6 aliphatic rings. The maximum Gasteiger partial charge on any atom is 0.319 e. The third kappa shape index (κ3) is 5.28. The lowest BCUT2D eigenvalue weighted by atomic mass is 9.75. The van der Waals surface area contributed by atoms with Gasteiger partial charge in [-0.15, -0.1) is 11.3 Å². The number of aromatic nitrogens is 2. The Morgan fingerprint density at radius 3 is 2.74 bits per heavy atom. The number of likely N-dealkylation sites (tertiary alicyclic amines) is 1. The third-order valence-electron chi connectivity index (χ3n) is 13.1. The number of amides is 1. The molecule has 5 aliphatic heterocycles. The molecule has 6 fully saturated rings. The number of hydrogen-bond donors (Lipinski definition) is 1. The number of ether oxygens (including phenoxy) is 2. The van der Waals surface area contributed by atoms with Crippen molar-refractivity contribution in [1.82, 2.24) is 19.8 Å². The van der Waals surface area contributed by atoms with E-state index in [2.05, 4.69) is 20.9 Å². The molecule has 2 N–H and O–H groups in total. The van der Waals surface area contributed by atoms with Crippen LogP contribution in [0.5, 0.6) is 6.01 Å². The van der Waals surface area contributed by atoms with Crippen LogP contribution in [-0.4, -0.2) is 96.5 Å². The molecule has 10 nitrogen and oxygen atoms in total. The number of benzene rings is 2. The number of nitrogens with zero attached hydrogens (tertiary/aromatic N) is 6. The molecule has 0 unspecified atom stereocenters. The number of hydrogen-bond acceptors (Lipinski definition) is 10. The molecule has 1 amide bonds. The molecule has 2 aromatic heterocycles. The zero-order valence-electron chi connectivity index (χ0n) is 29.6. The second-order valence-corrected chi connectivity index (χ2v) is 17.8. The van der Waals surface area contributed by atoms with Crippen molar-refractivity contribution >= 4 is 60.7 Å². The van der Waals surface area contributed by atoms with E-state index in [0.717, 1.165) is 50.0 Å². The van der Waals surface area contributed by atoms with Crippen LogP contribution in [0.3, 0.4) is 0 Å². The average molecular weight is 778 g/mol. The fraction of sp³-hybridized carbons (Fsp3) is 0.538. The Hall–Kier alpha value is -3.90. The lowest BCUT2D eigenvalue weighted by molar-refractivity contribution is -0.146. The Morgan fingerprint density at radius 2 is 1.94 bits per heavy atom. The standard InChI is InChI=1S/C39H39ClF3N7O3S/c40-26-10-22-32(31(43)30(26)21-4-5-27(42)33-28(21)23(12-44)34(45)54-33)46-37(53-19-39-7-3-9-50(39)13-20(41)11-39)47-35(22)48-8-2-1-6-38(16-48)17-49(18-38)36(51)29-24-14-52-15-25(24)29/h4-5,10,20,24-25,29H,1-3,6-9,11,13-19,45H2/t20-,24-,25+,29-,39+/m1/s1. The van der Waals surface area contributed by atoms with Crippen molar-refractivity contribution in [1.29, 1.82) is 5.26 Å². The Balaban J connectivity index is 1.05. The van der Waals surface area contributed by atoms with Crippen molar-refractivity contribution in [3.8, 4) is 23.2 Å². The molecule has 15 heteroatoms. The van der Waals surface area contributed by atoms with Crippen LogP contribution in [0.1, 0.15) is 44.1 Å². The molecule has 1 spiro atoms. The number of thiophene rings is 1. The fourth-order valence-electron chi connectivity index (χ4n) is 10.4. The van der Waals surface area contributed by atoms with Gasteiger partial charge in [-0.3, -0.25) is 9.69 Å². The summed E-state index contributed by atoms with van der Waals surface area (Å²) in [7, 11) is 0. The molecule has 2 aromatic carbocycles. The molecular formula is C39H39ClF3N7O3S. The van der Waals surface area contributed by atoms with Crippen LogP contribution in [0.4, 0.5) is 24.0 Å². The minimum Gasteiger partial charge on any atom is -0.461 e. The second-order valence-electron chi connectivity index (χ2n) is 16.4. The Morgan fingerprint density at radius 1 is 1.13 bits per heavy atom. The number of rotatable bonds is 6. The summed E-state index contributed by atoms with van der Waals surface area (Å²) in [6, 6.07) is 6.28. The number of carbonyl (C=O) groups is 1. The predicted molar refractivity (Wildman–Crippen MR) is 199 cm³/mol. The Bertz CT molecular complexity index is 2270. The zero-order valence-corrected chi connectivity index (χ0v) is 31.1. The van der Waals surface area contributed by atoms with Gasteiger partial charge in [0.05, 0.1) is 34.0 Å². The molecule has 0 radical (unpaired) electrons. The van der Waals surface area contributed by atoms with Gasteiger partial charge in [0.25, 0.3) is 0 Å². The molecule has 5 atom stereocenters. The summed E-state index contributed by atoms with van der Waals surface area (Å²) in [5.41, 5.74) is 5.70. The molecule has 1 aliphatic carbocycles. The number of anilines is 2. The highest BCUT2D eigenvalue weighted by Gasteiger charge is 2.61. The molecule has 7 heterocycles. The minimum absolute atomic E-state index is 0.0267. The summed E-state index contributed by atoms with van der Waals surface area (Å²) in [6.07, 6.45) is 3.92. The van der Waals surface area contributed by atoms with E-state index in [-0.39, 0.29) is 72.2 Å². The summed E-state index contributed by atoms with van der Waals surface area (Å²) in [5.74, 6) is 0.127. The highest BCUT2D eigenvalue weighted by atomic mass is 35.5. The van der Waals surface area contributed by atoms with Gasteiger partial charge in [0, 0.05) is 66.8 Å². The normalized spacial score (nSPS) is 28.6. The smallest absolute Gasteiger partial charge is 0.319 e. The van der Waals surface area contributed by atoms with Gasteiger partial charge in [0.2, 0.25) is 5.91 Å². The summed E-state index contributed by atoms with van der Waals surface area (Å²) in [4.78, 5) is 29.3. The Kier molecular flexibility index (Phi) is 8.04. The molecular weight excluding hydrogens is 739 g/mol. The van der Waals surface area contributed by atoms with Crippen LogP contribution in [-0.2, 0) is 9.53 Å². The number of fused-ring (bicyclic) bond motifs is 4. The van der Waals surface area contributed by atoms with Crippen molar-refractivity contribution in [2.24, 2.45) is 23.2 Å². The van der Waals surface area contributed by atoms with E-state index in [1.807, 2.05) is 4.90 Å². The highest BCUT2D eigenvalue weighted by Crippen LogP contribution is 2.54. The van der Waals surface area contributed by atoms with Crippen molar-refractivity contribution < 1.29 is 27.4 Å². The van der Waals surface area contributed by atoms with Crippen LogP contribution in [0.15, 0.2) is 18.2 Å². The maximum atomic E-state index is 17.3. The van der Waals surface area contributed by atoms with Gasteiger partial charge in [-0.05, 0) is 61.8 Å². The molecule has 1 saturated carbocycles. The first-order chi connectivity index (χ1) is 26.1. The first-order valence-corrected chi connectivity index (χ1v) is 20.0. The number of halogens is 4. The number of alkyl halides is 1. The molecule has 4 aromatic rings. The topological polar surface area (TPSA) is 121 Å². The van der Waals surface area contributed by atoms with Gasteiger partial charge in [-0.25, -0.2) is 13.2 Å². The average Bonchev–Trinajstić information content (AvgIpc) is 3.44. The van der Waals surface area contributed by atoms with Gasteiger partial charge >= 0.3 is 6.01 Å². The predicted octanol–water partition coefficient (Wildman–Crippen LogP) is 6.56. The summed E-state index contributed by atoms with van der Waals surface area (Å²) < 4.78 is 59.0. The van der Waals surface area contributed by atoms with Crippen LogP contribution in [0.25, 0.3) is 32.1 Å². The van der Waals surface area contributed by atoms with Crippen LogP contribution >= 0.6 is 22.9 Å². The minimum atomic E-state index is -0.948. The van der Waals surface area contributed by atoms with E-state index >= 15 is 8.78 Å². The van der Waals surface area contributed by atoms with Crippen LogP contribution < -0.4 is 15.4 Å². The second kappa shape index (κ2) is 12.6. The van der Waals surface area contributed by atoms with Gasteiger partial charge in [0.1, 0.15) is 41.0 Å². The third-order valence-corrected chi connectivity index (χ3v) is 14.4. The monoisotopic (exact) mass is 777 g/mol. The number of nitrogen functional groups attached to an aromatic ring is 1. The van der Waals surface area contributed by atoms with Gasteiger partial charge in [-0.1, -0.05) is 24.1 Å². The highest BCUT2D eigenvalue weighted by molar-refractivity contribution is 7.23. The van der Waals surface area contributed by atoms with E-state index < -0.39 is 23.3 Å². The quantitative estimate of drug-likeness (QED) is 0.232. The fourth-order valence-corrected chi connectivity index (χ4v) is 11.7. The van der Waals surface area contributed by atoms with Gasteiger partial charge < -0.3 is 25.0 Å². The van der Waals surface area contributed by atoms with Crippen LogP contribution in [0.2, 0.25) is 5.02 Å². The number of carbonyl (C=O) groups excluding carboxylic acids is 1. The maximum absolute atomic E-state index is 17.3. The molecule has 282 valence electrons. The SMILES string of the molecule is N#Cc1c(N)sc2c(F)ccc(-c3c(Cl)cc4c(N5CCCCC6(CN(C(=O)[C@@H]7[C@@H]8COC[C@@H]87)C6)C5)nc(OC[C@@]56CCCN5C[C@H](F)C6)nc4c3F)c12. The number of nitriles is 1. The largest absolute Gasteiger partial charge is 0.461 e. The first kappa shape index (κ1) is 34.6. The lowest BCUT2D eigenvalue weighted by Gasteiger charge is -2.51. The van der Waals surface area contributed by atoms with Crippen molar-refractivity contribution in [3.05, 3.63) is 40.4 Å². The lowest BCUT2D eigenvalue weighted by Crippen LogP contribution is -2.62. The van der Waals surface area contributed by atoms with Gasteiger partial charge in [0.15, 0.2) is 5.82 Å². The van der Waals surface area contributed by atoms with Crippen LogP contribution in [0, 0.1) is 46.1 Å². The summed E-state index contributed by atoms with van der Waals surface area (Å²) in [5, 5.41) is 10.7. The Labute approximate surface area is 318 Å². The van der Waals surface area contributed by atoms with E-state index in [1.54, 1.807) is 6.07 Å². The first-order valence-electron chi connectivity index (χ1n) is 18.8. The summed E-state index contributed by atoms with van der Waals surface area (Å²) >= 11 is 7.90. The summed E-state index contributed by atoms with van der Waals surface area (Å²) in [6.45, 7) is 5.19. The molecule has 54 heavy (non-hydrogen) atoms. The number of nitrogens with two attached hydrogens (primary N) is 1.